The first kappa shape index (κ1) is 19.5. The third-order valence-corrected chi connectivity index (χ3v) is 6.32. The number of imide groups is 1. The first-order valence-corrected chi connectivity index (χ1v) is 10.3. The molecule has 2 atom stereocenters. The number of rotatable bonds is 3. The van der Waals surface area contributed by atoms with Crippen molar-refractivity contribution in [2.45, 2.75) is 18.8 Å². The zero-order chi connectivity index (χ0) is 21.8. The van der Waals surface area contributed by atoms with E-state index in [1.165, 1.54) is 0 Å². The third-order valence-electron chi connectivity index (χ3n) is 6.07. The molecule has 2 amide bonds. The summed E-state index contributed by atoms with van der Waals surface area (Å²) in [5.41, 5.74) is 1.22. The van der Waals surface area contributed by atoms with Crippen LogP contribution in [0.1, 0.15) is 23.1 Å². The topological polar surface area (TPSA) is 63.7 Å². The number of hydrogen-bond donors (Lipinski definition) is 0. The fourth-order valence-electron chi connectivity index (χ4n) is 4.67. The van der Waals surface area contributed by atoms with E-state index in [0.29, 0.717) is 27.6 Å². The standard InChI is InChI=1S/C25H18ClNO4/c1-15-7-12-21-19(13-15)25(24(30)31-21,16-5-3-2-4-6-16)20-14-22(28)27(23(20)29)18-10-8-17(26)9-11-18/h2-13,20H,14H2,1H3/t20-,25+/m1/s1. The lowest BCUT2D eigenvalue weighted by Crippen LogP contribution is -2.46. The molecule has 0 bridgehead atoms. The predicted octanol–water partition coefficient (Wildman–Crippen LogP) is 4.43. The lowest BCUT2D eigenvalue weighted by atomic mass is 9.65. The number of carbonyl (C=O) groups is 3. The van der Waals surface area contributed by atoms with E-state index in [0.717, 1.165) is 10.5 Å². The first-order valence-electron chi connectivity index (χ1n) is 9.94. The van der Waals surface area contributed by atoms with Gasteiger partial charge in [-0.15, -0.1) is 0 Å². The van der Waals surface area contributed by atoms with Crippen molar-refractivity contribution in [1.82, 2.24) is 0 Å². The van der Waals surface area contributed by atoms with Crippen molar-refractivity contribution >= 4 is 35.1 Å². The largest absolute Gasteiger partial charge is 0.425 e. The second kappa shape index (κ2) is 7.06. The van der Waals surface area contributed by atoms with Gasteiger partial charge in [0.15, 0.2) is 0 Å². The summed E-state index contributed by atoms with van der Waals surface area (Å²) in [6.07, 6.45) is -0.0984. The number of fused-ring (bicyclic) bond motifs is 1. The number of hydrogen-bond acceptors (Lipinski definition) is 4. The van der Waals surface area contributed by atoms with Crippen LogP contribution in [0.3, 0.4) is 0 Å². The highest BCUT2D eigenvalue weighted by molar-refractivity contribution is 6.31. The summed E-state index contributed by atoms with van der Waals surface area (Å²) in [6, 6.07) is 21.1. The van der Waals surface area contributed by atoms with E-state index in [1.807, 2.05) is 37.3 Å². The molecule has 0 radical (unpaired) electrons. The number of amides is 2. The molecule has 1 fully saturated rings. The lowest BCUT2D eigenvalue weighted by Gasteiger charge is -2.31. The van der Waals surface area contributed by atoms with E-state index < -0.39 is 23.2 Å². The highest BCUT2D eigenvalue weighted by Crippen LogP contribution is 2.52. The van der Waals surface area contributed by atoms with E-state index in [9.17, 15) is 14.4 Å². The molecule has 5 rings (SSSR count). The molecule has 2 heterocycles. The summed E-state index contributed by atoms with van der Waals surface area (Å²) in [4.78, 5) is 41.3. The van der Waals surface area contributed by atoms with Gasteiger partial charge in [0.2, 0.25) is 11.8 Å². The average molecular weight is 432 g/mol. The van der Waals surface area contributed by atoms with Crippen molar-refractivity contribution in [3.05, 3.63) is 94.5 Å². The Hall–Kier alpha value is -3.44. The molecule has 0 unspecified atom stereocenters. The molecule has 0 N–H and O–H groups in total. The second-order valence-electron chi connectivity index (χ2n) is 7.86. The van der Waals surface area contributed by atoms with Gasteiger partial charge in [-0.05, 0) is 42.8 Å². The van der Waals surface area contributed by atoms with Crippen molar-refractivity contribution in [3.63, 3.8) is 0 Å². The number of nitrogens with zero attached hydrogens (tertiary/aromatic N) is 1. The molecule has 5 nitrogen and oxygen atoms in total. The zero-order valence-corrected chi connectivity index (χ0v) is 17.4. The van der Waals surface area contributed by atoms with Gasteiger partial charge in [-0.25, -0.2) is 0 Å². The molecule has 3 aromatic rings. The number of ether oxygens (including phenoxy) is 1. The minimum Gasteiger partial charge on any atom is -0.425 e. The molecule has 2 aliphatic heterocycles. The van der Waals surface area contributed by atoms with Crippen molar-refractivity contribution in [3.8, 4) is 5.75 Å². The Morgan fingerprint density at radius 1 is 0.968 bits per heavy atom. The van der Waals surface area contributed by atoms with Gasteiger partial charge < -0.3 is 4.74 Å². The highest BCUT2D eigenvalue weighted by Gasteiger charge is 2.62. The predicted molar refractivity (Wildman–Crippen MR) is 116 cm³/mol. The summed E-state index contributed by atoms with van der Waals surface area (Å²) < 4.78 is 5.65. The number of halogens is 1. The Morgan fingerprint density at radius 3 is 2.39 bits per heavy atom. The maximum atomic E-state index is 13.7. The highest BCUT2D eigenvalue weighted by atomic mass is 35.5. The summed E-state index contributed by atoms with van der Waals surface area (Å²) in [5.74, 6) is -1.83. The maximum Gasteiger partial charge on any atom is 0.327 e. The van der Waals surface area contributed by atoms with Crippen LogP contribution < -0.4 is 9.64 Å². The van der Waals surface area contributed by atoms with Crippen LogP contribution in [0.25, 0.3) is 0 Å². The van der Waals surface area contributed by atoms with Gasteiger partial charge in [-0.3, -0.25) is 19.3 Å². The Labute approximate surface area is 184 Å². The molecule has 0 aromatic heterocycles. The Kier molecular flexibility index (Phi) is 4.45. The van der Waals surface area contributed by atoms with Crippen LogP contribution in [0.15, 0.2) is 72.8 Å². The van der Waals surface area contributed by atoms with Gasteiger partial charge >= 0.3 is 5.97 Å². The van der Waals surface area contributed by atoms with E-state index in [-0.39, 0.29) is 12.3 Å². The van der Waals surface area contributed by atoms with E-state index in [4.69, 9.17) is 16.3 Å². The molecule has 2 aliphatic rings. The smallest absolute Gasteiger partial charge is 0.327 e. The number of esters is 1. The van der Waals surface area contributed by atoms with Crippen LogP contribution in [0.5, 0.6) is 5.75 Å². The minimum atomic E-state index is -1.39. The van der Waals surface area contributed by atoms with Gasteiger partial charge in [0.25, 0.3) is 0 Å². The normalized spacial score (nSPS) is 22.6. The molecule has 3 aromatic carbocycles. The Morgan fingerprint density at radius 2 is 1.68 bits per heavy atom. The second-order valence-corrected chi connectivity index (χ2v) is 8.30. The molecule has 0 spiro atoms. The van der Waals surface area contributed by atoms with Crippen LogP contribution in [0.2, 0.25) is 5.02 Å². The summed E-state index contributed by atoms with van der Waals surface area (Å²) in [6.45, 7) is 1.92. The van der Waals surface area contributed by atoms with E-state index in [2.05, 4.69) is 0 Å². The molecule has 154 valence electrons. The van der Waals surface area contributed by atoms with E-state index in [1.54, 1.807) is 42.5 Å². The fraction of sp³-hybridized carbons (Fsp3) is 0.160. The molecule has 0 aliphatic carbocycles. The van der Waals surface area contributed by atoms with Crippen LogP contribution in [-0.4, -0.2) is 17.8 Å². The van der Waals surface area contributed by atoms with Crippen molar-refractivity contribution < 1.29 is 19.1 Å². The van der Waals surface area contributed by atoms with Gasteiger partial charge in [0.1, 0.15) is 11.2 Å². The first-order chi connectivity index (χ1) is 14.9. The minimum absolute atomic E-state index is 0.0984. The van der Waals surface area contributed by atoms with Gasteiger partial charge in [0, 0.05) is 17.0 Å². The van der Waals surface area contributed by atoms with Crippen LogP contribution >= 0.6 is 11.6 Å². The Bertz CT molecular complexity index is 1220. The van der Waals surface area contributed by atoms with Gasteiger partial charge in [0.05, 0.1) is 11.6 Å². The Balaban J connectivity index is 1.71. The molecule has 1 saturated heterocycles. The molecule has 0 saturated carbocycles. The van der Waals surface area contributed by atoms with Gasteiger partial charge in [-0.2, -0.15) is 0 Å². The molecular formula is C25H18ClNO4. The van der Waals surface area contributed by atoms with Crippen molar-refractivity contribution in [1.29, 1.82) is 0 Å². The zero-order valence-electron chi connectivity index (χ0n) is 16.7. The SMILES string of the molecule is Cc1ccc2c(c1)[C@@](c1ccccc1)([C@@H]1CC(=O)N(c3ccc(Cl)cc3)C1=O)C(=O)O2. The van der Waals surface area contributed by atoms with Crippen molar-refractivity contribution in [2.24, 2.45) is 5.92 Å². The molecule has 31 heavy (non-hydrogen) atoms. The van der Waals surface area contributed by atoms with Gasteiger partial charge in [-0.1, -0.05) is 59.6 Å². The number of carbonyl (C=O) groups excluding carboxylic acids is 3. The molecular weight excluding hydrogens is 414 g/mol. The summed E-state index contributed by atoms with van der Waals surface area (Å²) >= 11 is 5.97. The maximum absolute atomic E-state index is 13.7. The quantitative estimate of drug-likeness (QED) is 0.349. The average Bonchev–Trinajstić information content (AvgIpc) is 3.22. The van der Waals surface area contributed by atoms with Crippen LogP contribution in [-0.2, 0) is 19.8 Å². The third kappa shape index (κ3) is 2.81. The van der Waals surface area contributed by atoms with Crippen LogP contribution in [0, 0.1) is 12.8 Å². The summed E-state index contributed by atoms with van der Waals surface area (Å²) in [5, 5.41) is 0.504. The lowest BCUT2D eigenvalue weighted by molar-refractivity contribution is -0.141. The summed E-state index contributed by atoms with van der Waals surface area (Å²) in [7, 11) is 0. The van der Waals surface area contributed by atoms with Crippen LogP contribution in [0.4, 0.5) is 5.69 Å². The number of anilines is 1. The number of aryl methyl sites for hydroxylation is 1. The number of benzene rings is 3. The molecule has 6 heteroatoms. The van der Waals surface area contributed by atoms with E-state index >= 15 is 0 Å². The van der Waals surface area contributed by atoms with Crippen molar-refractivity contribution in [2.75, 3.05) is 4.90 Å². The monoisotopic (exact) mass is 431 g/mol. The fourth-order valence-corrected chi connectivity index (χ4v) is 4.79.